The van der Waals surface area contributed by atoms with Gasteiger partial charge in [0.1, 0.15) is 0 Å². The van der Waals surface area contributed by atoms with Crippen LogP contribution in [0, 0.1) is 0 Å². The van der Waals surface area contributed by atoms with Crippen molar-refractivity contribution in [3.8, 4) is 0 Å². The molecule has 2 rings (SSSR count). The Bertz CT molecular complexity index is 268. The predicted molar refractivity (Wildman–Crippen MR) is 72.6 cm³/mol. The van der Waals surface area contributed by atoms with E-state index in [4.69, 9.17) is 0 Å². The fourth-order valence-electron chi connectivity index (χ4n) is 2.61. The van der Waals surface area contributed by atoms with Crippen LogP contribution in [0.3, 0.4) is 0 Å². The number of rotatable bonds is 3. The maximum absolute atomic E-state index is 12.2. The second-order valence-electron chi connectivity index (χ2n) is 5.39. The molecule has 18 heavy (non-hydrogen) atoms. The number of likely N-dealkylation sites (N-methyl/N-ethyl adjacent to an activating group) is 2. The molecule has 104 valence electrons. The zero-order valence-corrected chi connectivity index (χ0v) is 11.8. The molecular formula is C13H26N4O. The maximum atomic E-state index is 12.2. The van der Waals surface area contributed by atoms with Crippen molar-refractivity contribution in [2.75, 3.05) is 72.5 Å². The van der Waals surface area contributed by atoms with Gasteiger partial charge in [-0.1, -0.05) is 6.92 Å². The molecule has 0 aliphatic carbocycles. The van der Waals surface area contributed by atoms with E-state index in [1.165, 1.54) is 0 Å². The van der Waals surface area contributed by atoms with Crippen LogP contribution in [0.4, 0.5) is 0 Å². The first-order valence-corrected chi connectivity index (χ1v) is 7.10. The number of hydrogen-bond donors (Lipinski definition) is 0. The van der Waals surface area contributed by atoms with Crippen LogP contribution < -0.4 is 0 Å². The van der Waals surface area contributed by atoms with Gasteiger partial charge in [0.05, 0.1) is 6.54 Å². The van der Waals surface area contributed by atoms with E-state index in [1.807, 2.05) is 4.90 Å². The van der Waals surface area contributed by atoms with Crippen LogP contribution in [-0.4, -0.2) is 98.0 Å². The minimum Gasteiger partial charge on any atom is -0.339 e. The van der Waals surface area contributed by atoms with Gasteiger partial charge in [0.2, 0.25) is 5.91 Å². The van der Waals surface area contributed by atoms with Crippen molar-refractivity contribution in [3.05, 3.63) is 0 Å². The van der Waals surface area contributed by atoms with E-state index in [0.29, 0.717) is 12.5 Å². The lowest BCUT2D eigenvalue weighted by Crippen LogP contribution is -2.53. The largest absolute Gasteiger partial charge is 0.339 e. The normalized spacial score (nSPS) is 24.4. The van der Waals surface area contributed by atoms with Crippen molar-refractivity contribution < 1.29 is 4.79 Å². The molecule has 2 heterocycles. The fourth-order valence-corrected chi connectivity index (χ4v) is 2.61. The monoisotopic (exact) mass is 254 g/mol. The molecule has 2 aliphatic rings. The van der Waals surface area contributed by atoms with Crippen LogP contribution in [-0.2, 0) is 4.79 Å². The van der Waals surface area contributed by atoms with E-state index < -0.39 is 0 Å². The Kier molecular flexibility index (Phi) is 4.97. The van der Waals surface area contributed by atoms with Crippen LogP contribution in [0.1, 0.15) is 6.92 Å². The molecule has 0 saturated carbocycles. The van der Waals surface area contributed by atoms with Crippen LogP contribution in [0.15, 0.2) is 0 Å². The number of carbonyl (C=O) groups excluding carboxylic acids is 1. The van der Waals surface area contributed by atoms with Gasteiger partial charge in [0.15, 0.2) is 0 Å². The standard InChI is InChI=1S/C13H26N4O/c1-3-15-6-8-16(9-7-15)12-13(18)17-10-4-14(2)5-11-17/h3-12H2,1-2H3. The van der Waals surface area contributed by atoms with Crippen LogP contribution in [0.25, 0.3) is 0 Å². The van der Waals surface area contributed by atoms with Crippen LogP contribution in [0.2, 0.25) is 0 Å². The summed E-state index contributed by atoms with van der Waals surface area (Å²) >= 11 is 0. The van der Waals surface area contributed by atoms with Gasteiger partial charge < -0.3 is 14.7 Å². The van der Waals surface area contributed by atoms with Crippen molar-refractivity contribution in [2.45, 2.75) is 6.92 Å². The molecule has 1 amide bonds. The molecule has 2 saturated heterocycles. The SMILES string of the molecule is CCN1CCN(CC(=O)N2CCN(C)CC2)CC1. The number of nitrogens with zero attached hydrogens (tertiary/aromatic N) is 4. The molecule has 0 aromatic heterocycles. The van der Waals surface area contributed by atoms with Crippen LogP contribution in [0.5, 0.6) is 0 Å². The third-order valence-corrected chi connectivity index (χ3v) is 4.13. The highest BCUT2D eigenvalue weighted by molar-refractivity contribution is 5.78. The molecule has 0 unspecified atom stereocenters. The van der Waals surface area contributed by atoms with Gasteiger partial charge in [-0.3, -0.25) is 9.69 Å². The van der Waals surface area contributed by atoms with Gasteiger partial charge >= 0.3 is 0 Å². The van der Waals surface area contributed by atoms with Crippen molar-refractivity contribution in [1.82, 2.24) is 19.6 Å². The first-order chi connectivity index (χ1) is 8.69. The Morgan fingerprint density at radius 2 is 1.44 bits per heavy atom. The number of carbonyl (C=O) groups is 1. The van der Waals surface area contributed by atoms with Gasteiger partial charge in [0.25, 0.3) is 0 Å². The van der Waals surface area contributed by atoms with Crippen molar-refractivity contribution in [3.63, 3.8) is 0 Å². The molecule has 0 bridgehead atoms. The molecule has 2 aliphatic heterocycles. The second-order valence-corrected chi connectivity index (χ2v) is 5.39. The molecule has 2 fully saturated rings. The molecule has 5 heteroatoms. The predicted octanol–water partition coefficient (Wildman–Crippen LogP) is -0.602. The van der Waals surface area contributed by atoms with E-state index in [0.717, 1.165) is 58.9 Å². The highest BCUT2D eigenvalue weighted by Crippen LogP contribution is 2.04. The average molecular weight is 254 g/mol. The highest BCUT2D eigenvalue weighted by Gasteiger charge is 2.23. The Hall–Kier alpha value is -0.650. The van der Waals surface area contributed by atoms with Gasteiger partial charge in [-0.2, -0.15) is 0 Å². The van der Waals surface area contributed by atoms with Gasteiger partial charge in [0, 0.05) is 52.4 Å². The van der Waals surface area contributed by atoms with E-state index in [9.17, 15) is 4.79 Å². The summed E-state index contributed by atoms with van der Waals surface area (Å²) in [7, 11) is 2.12. The summed E-state index contributed by atoms with van der Waals surface area (Å²) < 4.78 is 0. The van der Waals surface area contributed by atoms with Gasteiger partial charge in [-0.25, -0.2) is 0 Å². The van der Waals surface area contributed by atoms with Crippen molar-refractivity contribution >= 4 is 5.91 Å². The van der Waals surface area contributed by atoms with E-state index in [1.54, 1.807) is 0 Å². The smallest absolute Gasteiger partial charge is 0.236 e. The van der Waals surface area contributed by atoms with E-state index in [2.05, 4.69) is 28.7 Å². The zero-order valence-electron chi connectivity index (χ0n) is 11.8. The Balaban J connectivity index is 1.71. The minimum absolute atomic E-state index is 0.313. The Morgan fingerprint density at radius 1 is 0.889 bits per heavy atom. The summed E-state index contributed by atoms with van der Waals surface area (Å²) in [5, 5.41) is 0. The van der Waals surface area contributed by atoms with E-state index >= 15 is 0 Å². The summed E-state index contributed by atoms with van der Waals surface area (Å²) in [6, 6.07) is 0. The molecule has 0 spiro atoms. The number of hydrogen-bond acceptors (Lipinski definition) is 4. The summed E-state index contributed by atoms with van der Waals surface area (Å²) in [6.07, 6.45) is 0. The summed E-state index contributed by atoms with van der Waals surface area (Å²) in [4.78, 5) is 21.2. The first-order valence-electron chi connectivity index (χ1n) is 7.10. The zero-order chi connectivity index (χ0) is 13.0. The highest BCUT2D eigenvalue weighted by atomic mass is 16.2. The molecular weight excluding hydrogens is 228 g/mol. The molecule has 5 nitrogen and oxygen atoms in total. The van der Waals surface area contributed by atoms with Gasteiger partial charge in [-0.05, 0) is 13.6 Å². The molecule has 0 aromatic carbocycles. The second kappa shape index (κ2) is 6.50. The summed E-state index contributed by atoms with van der Waals surface area (Å²) in [6.45, 7) is 12.0. The third kappa shape index (κ3) is 3.67. The van der Waals surface area contributed by atoms with Gasteiger partial charge in [-0.15, -0.1) is 0 Å². The maximum Gasteiger partial charge on any atom is 0.236 e. The quantitative estimate of drug-likeness (QED) is 0.673. The molecule has 0 aromatic rings. The topological polar surface area (TPSA) is 30.0 Å². The fraction of sp³-hybridized carbons (Fsp3) is 0.923. The minimum atomic E-state index is 0.313. The number of amides is 1. The van der Waals surface area contributed by atoms with E-state index in [-0.39, 0.29) is 0 Å². The molecule has 0 N–H and O–H groups in total. The van der Waals surface area contributed by atoms with Crippen LogP contribution >= 0.6 is 0 Å². The average Bonchev–Trinajstić information content (AvgIpc) is 2.40. The Morgan fingerprint density at radius 3 is 2.00 bits per heavy atom. The summed E-state index contributed by atoms with van der Waals surface area (Å²) in [5.41, 5.74) is 0. The van der Waals surface area contributed by atoms with Crippen molar-refractivity contribution in [1.29, 1.82) is 0 Å². The molecule has 0 atom stereocenters. The summed E-state index contributed by atoms with van der Waals surface area (Å²) in [5.74, 6) is 0.313. The lowest BCUT2D eigenvalue weighted by Gasteiger charge is -2.36. The lowest BCUT2D eigenvalue weighted by molar-refractivity contribution is -0.134. The first kappa shape index (κ1) is 13.8. The Labute approximate surface area is 110 Å². The third-order valence-electron chi connectivity index (χ3n) is 4.13. The molecule has 0 radical (unpaired) electrons. The number of piperazine rings is 2. The lowest BCUT2D eigenvalue weighted by atomic mass is 10.3. The van der Waals surface area contributed by atoms with Crippen molar-refractivity contribution in [2.24, 2.45) is 0 Å².